The van der Waals surface area contributed by atoms with Crippen LogP contribution in [0.25, 0.3) is 0 Å². The van der Waals surface area contributed by atoms with Crippen LogP contribution < -0.4 is 15.5 Å². The van der Waals surface area contributed by atoms with E-state index in [9.17, 15) is 9.59 Å². The summed E-state index contributed by atoms with van der Waals surface area (Å²) in [4.78, 5) is 29.5. The molecule has 2 aliphatic rings. The fraction of sp³-hybridized carbons (Fsp3) is 0.533. The molecule has 0 aromatic carbocycles. The third kappa shape index (κ3) is 3.39. The van der Waals surface area contributed by atoms with Crippen molar-refractivity contribution in [1.29, 1.82) is 0 Å². The van der Waals surface area contributed by atoms with Crippen LogP contribution in [-0.2, 0) is 9.59 Å². The standard InChI is InChI=1S/C15H20N4O2/c20-14-5-4-12(15(21)18-14)17-11-6-9-19(10-7-11)13-3-1-2-8-16-13/h1-3,8,11-12,17H,4-7,9-10H2,(H,18,20,21). The van der Waals surface area contributed by atoms with Crippen molar-refractivity contribution < 1.29 is 9.59 Å². The van der Waals surface area contributed by atoms with Crippen LogP contribution in [0.15, 0.2) is 24.4 Å². The molecule has 1 aromatic heterocycles. The molecule has 3 heterocycles. The quantitative estimate of drug-likeness (QED) is 0.790. The molecule has 2 amide bonds. The zero-order valence-electron chi connectivity index (χ0n) is 11.9. The van der Waals surface area contributed by atoms with Crippen molar-refractivity contribution in [3.05, 3.63) is 24.4 Å². The number of carbonyl (C=O) groups is 2. The molecule has 6 heteroatoms. The van der Waals surface area contributed by atoms with E-state index < -0.39 is 0 Å². The van der Waals surface area contributed by atoms with E-state index in [1.54, 1.807) is 0 Å². The Labute approximate surface area is 123 Å². The molecule has 6 nitrogen and oxygen atoms in total. The maximum atomic E-state index is 11.7. The molecule has 21 heavy (non-hydrogen) atoms. The first kappa shape index (κ1) is 14.0. The third-order valence-corrected chi connectivity index (χ3v) is 4.14. The van der Waals surface area contributed by atoms with Crippen LogP contribution in [0.1, 0.15) is 25.7 Å². The van der Waals surface area contributed by atoms with Crippen molar-refractivity contribution in [3.63, 3.8) is 0 Å². The van der Waals surface area contributed by atoms with Gasteiger partial charge in [-0.15, -0.1) is 0 Å². The first-order valence-electron chi connectivity index (χ1n) is 7.48. The summed E-state index contributed by atoms with van der Waals surface area (Å²) in [7, 11) is 0. The van der Waals surface area contributed by atoms with Crippen molar-refractivity contribution in [2.75, 3.05) is 18.0 Å². The lowest BCUT2D eigenvalue weighted by Gasteiger charge is -2.35. The van der Waals surface area contributed by atoms with Gasteiger partial charge in [0.1, 0.15) is 5.82 Å². The number of pyridine rings is 1. The van der Waals surface area contributed by atoms with Crippen LogP contribution in [0.4, 0.5) is 5.82 Å². The third-order valence-electron chi connectivity index (χ3n) is 4.14. The lowest BCUT2D eigenvalue weighted by atomic mass is 10.00. The molecule has 112 valence electrons. The van der Waals surface area contributed by atoms with Crippen LogP contribution in [0.5, 0.6) is 0 Å². The van der Waals surface area contributed by atoms with Crippen LogP contribution >= 0.6 is 0 Å². The van der Waals surface area contributed by atoms with Crippen molar-refractivity contribution in [1.82, 2.24) is 15.6 Å². The summed E-state index contributed by atoms with van der Waals surface area (Å²) in [6.45, 7) is 1.86. The van der Waals surface area contributed by atoms with Gasteiger partial charge >= 0.3 is 0 Å². The van der Waals surface area contributed by atoms with Gasteiger partial charge in [-0.05, 0) is 31.4 Å². The normalized spacial score (nSPS) is 24.0. The number of imide groups is 1. The predicted molar refractivity (Wildman–Crippen MR) is 78.8 cm³/mol. The average molecular weight is 288 g/mol. The Bertz CT molecular complexity index is 512. The number of aromatic nitrogens is 1. The summed E-state index contributed by atoms with van der Waals surface area (Å²) in [6, 6.07) is 6.04. The minimum absolute atomic E-state index is 0.164. The summed E-state index contributed by atoms with van der Waals surface area (Å²) >= 11 is 0. The van der Waals surface area contributed by atoms with E-state index in [4.69, 9.17) is 0 Å². The Hall–Kier alpha value is -1.95. The second kappa shape index (κ2) is 6.22. The molecule has 2 fully saturated rings. The molecule has 1 aromatic rings. The number of anilines is 1. The minimum atomic E-state index is -0.228. The highest BCUT2D eigenvalue weighted by atomic mass is 16.2. The van der Waals surface area contributed by atoms with Crippen molar-refractivity contribution in [2.45, 2.75) is 37.8 Å². The van der Waals surface area contributed by atoms with Crippen molar-refractivity contribution in [3.8, 4) is 0 Å². The Morgan fingerprint density at radius 1 is 1.19 bits per heavy atom. The smallest absolute Gasteiger partial charge is 0.243 e. The van der Waals surface area contributed by atoms with Gasteiger partial charge in [-0.1, -0.05) is 6.07 Å². The van der Waals surface area contributed by atoms with Crippen molar-refractivity contribution in [2.24, 2.45) is 0 Å². The lowest BCUT2D eigenvalue weighted by molar-refractivity contribution is -0.134. The molecule has 0 saturated carbocycles. The summed E-state index contributed by atoms with van der Waals surface area (Å²) in [5, 5.41) is 5.78. The summed E-state index contributed by atoms with van der Waals surface area (Å²) in [6.07, 6.45) is 4.80. The summed E-state index contributed by atoms with van der Waals surface area (Å²) in [5.41, 5.74) is 0. The molecular weight excluding hydrogens is 268 g/mol. The molecule has 3 rings (SSSR count). The number of nitrogens with zero attached hydrogens (tertiary/aromatic N) is 2. The van der Waals surface area contributed by atoms with Crippen molar-refractivity contribution >= 4 is 17.6 Å². The molecule has 2 N–H and O–H groups in total. The highest BCUT2D eigenvalue weighted by Crippen LogP contribution is 2.18. The number of carbonyl (C=O) groups excluding carboxylic acids is 2. The van der Waals surface area contributed by atoms with E-state index in [0.717, 1.165) is 31.7 Å². The monoisotopic (exact) mass is 288 g/mol. The lowest BCUT2D eigenvalue weighted by Crippen LogP contribution is -2.55. The van der Waals surface area contributed by atoms with Crippen LogP contribution in [0.3, 0.4) is 0 Å². The van der Waals surface area contributed by atoms with Gasteiger partial charge in [0.25, 0.3) is 0 Å². The number of amides is 2. The van der Waals surface area contributed by atoms with Gasteiger partial charge in [0.2, 0.25) is 11.8 Å². The van der Waals surface area contributed by atoms with E-state index in [2.05, 4.69) is 20.5 Å². The highest BCUT2D eigenvalue weighted by Gasteiger charge is 2.29. The first-order valence-corrected chi connectivity index (χ1v) is 7.48. The zero-order chi connectivity index (χ0) is 14.7. The Kier molecular flexibility index (Phi) is 4.15. The molecule has 0 bridgehead atoms. The summed E-state index contributed by atoms with van der Waals surface area (Å²) in [5.74, 6) is 0.665. The Morgan fingerprint density at radius 3 is 2.67 bits per heavy atom. The minimum Gasteiger partial charge on any atom is -0.357 e. The van der Waals surface area contributed by atoms with Gasteiger partial charge in [-0.25, -0.2) is 4.98 Å². The number of piperidine rings is 2. The van der Waals surface area contributed by atoms with Gasteiger partial charge in [-0.3, -0.25) is 14.9 Å². The molecule has 1 atom stereocenters. The molecule has 0 radical (unpaired) electrons. The SMILES string of the molecule is O=C1CCC(NC2CCN(c3ccccn3)CC2)C(=O)N1. The first-order chi connectivity index (χ1) is 10.2. The number of hydrogen-bond acceptors (Lipinski definition) is 5. The fourth-order valence-corrected chi connectivity index (χ4v) is 2.95. The summed E-state index contributed by atoms with van der Waals surface area (Å²) < 4.78 is 0. The van der Waals surface area contributed by atoms with Gasteiger partial charge < -0.3 is 10.2 Å². The van der Waals surface area contributed by atoms with Gasteiger partial charge in [0.15, 0.2) is 0 Å². The van der Waals surface area contributed by atoms with Crippen LogP contribution in [0, 0.1) is 0 Å². The predicted octanol–water partition coefficient (Wildman–Crippen LogP) is 0.445. The van der Waals surface area contributed by atoms with E-state index >= 15 is 0 Å². The maximum absolute atomic E-state index is 11.7. The van der Waals surface area contributed by atoms with Gasteiger partial charge in [0, 0.05) is 31.7 Å². The molecule has 2 aliphatic heterocycles. The molecule has 0 aliphatic carbocycles. The van der Waals surface area contributed by atoms with E-state index in [0.29, 0.717) is 18.9 Å². The van der Waals surface area contributed by atoms with Gasteiger partial charge in [0.05, 0.1) is 6.04 Å². The topological polar surface area (TPSA) is 74.3 Å². The van der Waals surface area contributed by atoms with E-state index in [1.807, 2.05) is 24.4 Å². The molecule has 1 unspecified atom stereocenters. The Balaban J connectivity index is 1.50. The van der Waals surface area contributed by atoms with E-state index in [-0.39, 0.29) is 17.9 Å². The van der Waals surface area contributed by atoms with E-state index in [1.165, 1.54) is 0 Å². The highest BCUT2D eigenvalue weighted by molar-refractivity contribution is 6.00. The second-order valence-electron chi connectivity index (χ2n) is 5.62. The second-order valence-corrected chi connectivity index (χ2v) is 5.62. The Morgan fingerprint density at radius 2 is 2.00 bits per heavy atom. The fourth-order valence-electron chi connectivity index (χ4n) is 2.95. The van der Waals surface area contributed by atoms with Crippen LogP contribution in [-0.4, -0.2) is 42.0 Å². The molecule has 0 spiro atoms. The average Bonchev–Trinajstić information content (AvgIpc) is 2.52. The number of hydrogen-bond donors (Lipinski definition) is 2. The van der Waals surface area contributed by atoms with Crippen LogP contribution in [0.2, 0.25) is 0 Å². The van der Waals surface area contributed by atoms with Gasteiger partial charge in [-0.2, -0.15) is 0 Å². The molecular formula is C15H20N4O2. The zero-order valence-corrected chi connectivity index (χ0v) is 11.9. The molecule has 2 saturated heterocycles. The number of rotatable bonds is 3. The number of nitrogens with one attached hydrogen (secondary N) is 2. The largest absolute Gasteiger partial charge is 0.357 e. The maximum Gasteiger partial charge on any atom is 0.243 e.